The van der Waals surface area contributed by atoms with Gasteiger partial charge in [0.2, 0.25) is 0 Å². The fourth-order valence-electron chi connectivity index (χ4n) is 1.28. The molecule has 0 amide bonds. The van der Waals surface area contributed by atoms with Crippen molar-refractivity contribution in [2.45, 2.75) is 13.8 Å². The molecule has 1 aromatic rings. The van der Waals surface area contributed by atoms with Crippen molar-refractivity contribution in [3.63, 3.8) is 0 Å². The van der Waals surface area contributed by atoms with Crippen LogP contribution in [0.25, 0.3) is 6.08 Å². The summed E-state index contributed by atoms with van der Waals surface area (Å²) in [4.78, 5) is 0. The van der Waals surface area contributed by atoms with Gasteiger partial charge >= 0.3 is 0 Å². The summed E-state index contributed by atoms with van der Waals surface area (Å²) in [7, 11) is 0. The molecule has 0 aliphatic carbocycles. The molecule has 0 radical (unpaired) electrons. The van der Waals surface area contributed by atoms with Crippen LogP contribution in [0.3, 0.4) is 0 Å². The van der Waals surface area contributed by atoms with Crippen LogP contribution in [0.15, 0.2) is 24.3 Å². The molecule has 0 spiro atoms. The summed E-state index contributed by atoms with van der Waals surface area (Å²) in [6, 6.07) is 4.69. The molecule has 1 nitrogen and oxygen atoms in total. The second-order valence-electron chi connectivity index (χ2n) is 4.12. The summed E-state index contributed by atoms with van der Waals surface area (Å²) in [5.74, 6) is 0.341. The predicted octanol–water partition coefficient (Wildman–Crippen LogP) is 3.74. The highest BCUT2D eigenvalue weighted by atomic mass is 35.5. The van der Waals surface area contributed by atoms with E-state index in [9.17, 15) is 4.39 Å². The number of halogens is 2. The first-order valence-corrected chi connectivity index (χ1v) is 5.79. The van der Waals surface area contributed by atoms with Crippen LogP contribution in [-0.2, 0) is 0 Å². The highest BCUT2D eigenvalue weighted by molar-refractivity contribution is 6.30. The highest BCUT2D eigenvalue weighted by Crippen LogP contribution is 2.15. The molecule has 16 heavy (non-hydrogen) atoms. The van der Waals surface area contributed by atoms with E-state index in [1.807, 2.05) is 6.08 Å². The molecule has 0 bridgehead atoms. The molecule has 3 heteroatoms. The number of hydrogen-bond acceptors (Lipinski definition) is 1. The maximum atomic E-state index is 13.3. The quantitative estimate of drug-likeness (QED) is 0.775. The van der Waals surface area contributed by atoms with Gasteiger partial charge in [0.25, 0.3) is 0 Å². The Bertz CT molecular complexity index is 361. The molecular weight excluding hydrogens is 225 g/mol. The van der Waals surface area contributed by atoms with Crippen LogP contribution >= 0.6 is 11.6 Å². The normalized spacial score (nSPS) is 11.6. The predicted molar refractivity (Wildman–Crippen MR) is 68.2 cm³/mol. The Morgan fingerprint density at radius 1 is 1.44 bits per heavy atom. The van der Waals surface area contributed by atoms with Gasteiger partial charge in [-0.2, -0.15) is 0 Å². The molecule has 1 aromatic carbocycles. The molecule has 0 saturated carbocycles. The second-order valence-corrected chi connectivity index (χ2v) is 4.56. The van der Waals surface area contributed by atoms with E-state index in [2.05, 4.69) is 19.2 Å². The lowest BCUT2D eigenvalue weighted by Gasteiger charge is -2.03. The van der Waals surface area contributed by atoms with E-state index in [-0.39, 0.29) is 5.82 Å². The summed E-state index contributed by atoms with van der Waals surface area (Å²) in [6.07, 6.45) is 3.67. The van der Waals surface area contributed by atoms with Gasteiger partial charge in [-0.25, -0.2) is 4.39 Å². The van der Waals surface area contributed by atoms with E-state index in [4.69, 9.17) is 11.6 Å². The van der Waals surface area contributed by atoms with E-state index < -0.39 is 0 Å². The van der Waals surface area contributed by atoms with Crippen molar-refractivity contribution in [1.29, 1.82) is 0 Å². The lowest BCUT2D eigenvalue weighted by Crippen LogP contribution is -2.19. The molecule has 1 rings (SSSR count). The first kappa shape index (κ1) is 13.2. The van der Waals surface area contributed by atoms with Crippen molar-refractivity contribution in [3.05, 3.63) is 40.7 Å². The van der Waals surface area contributed by atoms with Crippen molar-refractivity contribution in [3.8, 4) is 0 Å². The maximum Gasteiger partial charge on any atom is 0.131 e. The van der Waals surface area contributed by atoms with E-state index in [1.54, 1.807) is 18.2 Å². The third kappa shape index (κ3) is 4.77. The van der Waals surface area contributed by atoms with Crippen LogP contribution in [0.2, 0.25) is 5.02 Å². The van der Waals surface area contributed by atoms with Crippen LogP contribution in [0.4, 0.5) is 4.39 Å². The molecule has 0 atom stereocenters. The van der Waals surface area contributed by atoms with Crippen molar-refractivity contribution in [2.75, 3.05) is 13.1 Å². The zero-order chi connectivity index (χ0) is 12.0. The van der Waals surface area contributed by atoms with E-state index >= 15 is 0 Å². The van der Waals surface area contributed by atoms with Gasteiger partial charge in [-0.1, -0.05) is 43.7 Å². The third-order valence-corrected chi connectivity index (χ3v) is 2.31. The van der Waals surface area contributed by atoms with Crippen molar-refractivity contribution in [1.82, 2.24) is 5.32 Å². The molecule has 88 valence electrons. The van der Waals surface area contributed by atoms with Crippen molar-refractivity contribution < 1.29 is 4.39 Å². The Kier molecular flexibility index (Phi) is 5.50. The average molecular weight is 242 g/mol. The van der Waals surface area contributed by atoms with E-state index in [0.717, 1.165) is 13.1 Å². The Balaban J connectivity index is 2.44. The summed E-state index contributed by atoms with van der Waals surface area (Å²) in [5.41, 5.74) is 0.566. The smallest absolute Gasteiger partial charge is 0.131 e. The van der Waals surface area contributed by atoms with Gasteiger partial charge in [-0.3, -0.25) is 0 Å². The first-order chi connectivity index (χ1) is 7.59. The molecule has 0 saturated heterocycles. The first-order valence-electron chi connectivity index (χ1n) is 5.42. The molecule has 1 N–H and O–H groups in total. The number of benzene rings is 1. The molecule has 0 aliphatic rings. The summed E-state index contributed by atoms with van der Waals surface area (Å²) in [5, 5.41) is 3.67. The van der Waals surface area contributed by atoms with Gasteiger partial charge in [0.15, 0.2) is 0 Å². The molecule has 0 aromatic heterocycles. The SMILES string of the molecule is CC(C)CNC/C=C/c1ccc(Cl)cc1F. The lowest BCUT2D eigenvalue weighted by atomic mass is 10.2. The molecular formula is C13H17ClFN. The minimum Gasteiger partial charge on any atom is -0.313 e. The fraction of sp³-hybridized carbons (Fsp3) is 0.385. The van der Waals surface area contributed by atoms with E-state index in [1.165, 1.54) is 6.07 Å². The summed E-state index contributed by atoms with van der Waals surface area (Å²) >= 11 is 5.66. The maximum absolute atomic E-state index is 13.3. The van der Waals surface area contributed by atoms with Crippen molar-refractivity contribution >= 4 is 17.7 Å². The standard InChI is InChI=1S/C13H17ClFN/c1-10(2)9-16-7-3-4-11-5-6-12(14)8-13(11)15/h3-6,8,10,16H,7,9H2,1-2H3/b4-3+. The monoisotopic (exact) mass is 241 g/mol. The summed E-state index contributed by atoms with van der Waals surface area (Å²) < 4.78 is 13.3. The topological polar surface area (TPSA) is 12.0 Å². The zero-order valence-electron chi connectivity index (χ0n) is 9.63. The number of rotatable bonds is 5. The van der Waals surface area contributed by atoms with Crippen LogP contribution < -0.4 is 5.32 Å². The van der Waals surface area contributed by atoms with Crippen LogP contribution in [0.1, 0.15) is 19.4 Å². The molecule has 0 unspecified atom stereocenters. The van der Waals surface area contributed by atoms with Crippen molar-refractivity contribution in [2.24, 2.45) is 5.92 Å². The Labute approximate surface area is 101 Å². The molecule has 0 aliphatic heterocycles. The van der Waals surface area contributed by atoms with Crippen LogP contribution in [0, 0.1) is 11.7 Å². The largest absolute Gasteiger partial charge is 0.313 e. The fourth-order valence-corrected chi connectivity index (χ4v) is 1.44. The van der Waals surface area contributed by atoms with Gasteiger partial charge < -0.3 is 5.32 Å². The lowest BCUT2D eigenvalue weighted by molar-refractivity contribution is 0.577. The van der Waals surface area contributed by atoms with Gasteiger partial charge in [-0.05, 0) is 24.6 Å². The molecule has 0 heterocycles. The minimum atomic E-state index is -0.285. The van der Waals surface area contributed by atoms with Crippen LogP contribution in [-0.4, -0.2) is 13.1 Å². The van der Waals surface area contributed by atoms with E-state index in [0.29, 0.717) is 16.5 Å². The van der Waals surface area contributed by atoms with Gasteiger partial charge in [0, 0.05) is 17.1 Å². The second kappa shape index (κ2) is 6.66. The number of hydrogen-bond donors (Lipinski definition) is 1. The molecule has 0 fully saturated rings. The third-order valence-electron chi connectivity index (χ3n) is 2.07. The van der Waals surface area contributed by atoms with Crippen LogP contribution in [0.5, 0.6) is 0 Å². The summed E-state index contributed by atoms with van der Waals surface area (Å²) in [6.45, 7) is 6.01. The zero-order valence-corrected chi connectivity index (χ0v) is 10.4. The van der Waals surface area contributed by atoms with Gasteiger partial charge in [0.05, 0.1) is 0 Å². The Morgan fingerprint density at radius 3 is 2.81 bits per heavy atom. The minimum absolute atomic E-state index is 0.285. The Hall–Kier alpha value is -0.860. The highest BCUT2D eigenvalue weighted by Gasteiger charge is 1.98. The average Bonchev–Trinajstić information content (AvgIpc) is 2.20. The van der Waals surface area contributed by atoms with Gasteiger partial charge in [0.1, 0.15) is 5.82 Å². The number of nitrogens with one attached hydrogen (secondary N) is 1. The Morgan fingerprint density at radius 2 is 2.19 bits per heavy atom. The van der Waals surface area contributed by atoms with Gasteiger partial charge in [-0.15, -0.1) is 0 Å².